The van der Waals surface area contributed by atoms with Gasteiger partial charge in [0.2, 0.25) is 0 Å². The Kier molecular flexibility index (Phi) is 5.37. The fraction of sp³-hybridized carbons (Fsp3) is 0.0667. The van der Waals surface area contributed by atoms with Gasteiger partial charge in [-0.1, -0.05) is 117 Å². The summed E-state index contributed by atoms with van der Waals surface area (Å²) in [5.74, 6) is 0. The number of rotatable bonds is 3. The number of nitrogens with zero attached hydrogens (tertiary/aromatic N) is 2. The van der Waals surface area contributed by atoms with Crippen LogP contribution in [-0.2, 0) is 5.41 Å². The molecule has 2 heterocycles. The molecule has 0 N–H and O–H groups in total. The van der Waals surface area contributed by atoms with Gasteiger partial charge in [-0.15, -0.1) is 0 Å². The zero-order valence-corrected chi connectivity index (χ0v) is 26.4. The first-order valence-corrected chi connectivity index (χ1v) is 16.4. The molecule has 10 rings (SSSR count). The Bertz CT molecular complexity index is 2630. The molecular weight excluding hydrogens is 569 g/mol. The molecule has 0 unspecified atom stereocenters. The topological polar surface area (TPSA) is 9.86 Å². The van der Waals surface area contributed by atoms with E-state index in [1.54, 1.807) is 0 Å². The van der Waals surface area contributed by atoms with Crippen LogP contribution in [0.2, 0.25) is 0 Å². The molecule has 1 aliphatic carbocycles. The summed E-state index contributed by atoms with van der Waals surface area (Å²) >= 11 is 0. The summed E-state index contributed by atoms with van der Waals surface area (Å²) in [6.45, 7) is 4.78. The Morgan fingerprint density at radius 1 is 0.362 bits per heavy atom. The number of hydrogen-bond acceptors (Lipinski definition) is 0. The third kappa shape index (κ3) is 3.67. The van der Waals surface area contributed by atoms with E-state index in [4.69, 9.17) is 0 Å². The van der Waals surface area contributed by atoms with E-state index < -0.39 is 0 Å². The summed E-state index contributed by atoms with van der Waals surface area (Å²) in [7, 11) is 0. The largest absolute Gasteiger partial charge is 0.309 e. The second-order valence-electron chi connectivity index (χ2n) is 13.4. The molecule has 0 amide bonds. The van der Waals surface area contributed by atoms with Gasteiger partial charge in [0.15, 0.2) is 0 Å². The van der Waals surface area contributed by atoms with Gasteiger partial charge in [-0.25, -0.2) is 0 Å². The Balaban J connectivity index is 1.22. The molecule has 0 aliphatic heterocycles. The molecule has 7 aromatic carbocycles. The molecule has 2 heteroatoms. The average molecular weight is 601 g/mol. The third-order valence-electron chi connectivity index (χ3n) is 10.5. The van der Waals surface area contributed by atoms with Crippen molar-refractivity contribution in [1.82, 2.24) is 9.13 Å². The minimum Gasteiger partial charge on any atom is -0.309 e. The second kappa shape index (κ2) is 9.57. The maximum absolute atomic E-state index is 2.48. The van der Waals surface area contributed by atoms with Crippen LogP contribution >= 0.6 is 0 Å². The van der Waals surface area contributed by atoms with E-state index in [-0.39, 0.29) is 5.41 Å². The highest BCUT2D eigenvalue weighted by atomic mass is 15.0. The Hall–Kier alpha value is -5.86. The van der Waals surface area contributed by atoms with Crippen LogP contribution in [0.15, 0.2) is 158 Å². The van der Waals surface area contributed by atoms with Crippen molar-refractivity contribution >= 4 is 43.6 Å². The van der Waals surface area contributed by atoms with E-state index in [1.165, 1.54) is 88.4 Å². The van der Waals surface area contributed by atoms with Crippen LogP contribution in [0.3, 0.4) is 0 Å². The molecule has 0 saturated carbocycles. The Morgan fingerprint density at radius 2 is 0.936 bits per heavy atom. The normalized spacial score (nSPS) is 13.5. The molecule has 0 fully saturated rings. The van der Waals surface area contributed by atoms with E-state index in [0.717, 1.165) is 0 Å². The summed E-state index contributed by atoms with van der Waals surface area (Å²) in [5, 5.41) is 5.16. The van der Waals surface area contributed by atoms with Crippen LogP contribution in [0.4, 0.5) is 0 Å². The van der Waals surface area contributed by atoms with Crippen molar-refractivity contribution in [1.29, 1.82) is 0 Å². The number of aromatic nitrogens is 2. The molecule has 1 aliphatic rings. The fourth-order valence-electron chi connectivity index (χ4n) is 8.24. The molecule has 0 atom stereocenters. The highest BCUT2D eigenvalue weighted by Crippen LogP contribution is 2.52. The molecule has 2 aromatic heterocycles. The number of hydrogen-bond donors (Lipinski definition) is 0. The number of fused-ring (bicyclic) bond motifs is 9. The number of para-hydroxylation sites is 3. The molecule has 0 spiro atoms. The molecule has 0 bridgehead atoms. The van der Waals surface area contributed by atoms with Crippen LogP contribution in [-0.4, -0.2) is 9.13 Å². The summed E-state index contributed by atoms with van der Waals surface area (Å²) in [6, 6.07) is 58.0. The van der Waals surface area contributed by atoms with E-state index in [9.17, 15) is 0 Å². The predicted octanol–water partition coefficient (Wildman–Crippen LogP) is 11.9. The summed E-state index contributed by atoms with van der Waals surface area (Å²) in [5.41, 5.74) is 15.1. The molecule has 2 nitrogen and oxygen atoms in total. The van der Waals surface area contributed by atoms with Gasteiger partial charge < -0.3 is 9.13 Å². The summed E-state index contributed by atoms with van der Waals surface area (Å²) < 4.78 is 4.89. The van der Waals surface area contributed by atoms with Crippen molar-refractivity contribution in [2.45, 2.75) is 19.3 Å². The lowest BCUT2D eigenvalue weighted by Crippen LogP contribution is -2.15. The van der Waals surface area contributed by atoms with E-state index in [2.05, 4.69) is 181 Å². The molecule has 0 radical (unpaired) electrons. The molecule has 9 aromatic rings. The molecule has 222 valence electrons. The lowest BCUT2D eigenvalue weighted by molar-refractivity contribution is 0.660. The third-order valence-corrected chi connectivity index (χ3v) is 10.5. The van der Waals surface area contributed by atoms with Gasteiger partial charge in [0.25, 0.3) is 0 Å². The number of benzene rings is 7. The van der Waals surface area contributed by atoms with Crippen molar-refractivity contribution in [3.8, 4) is 33.6 Å². The van der Waals surface area contributed by atoms with Gasteiger partial charge in [0.05, 0.1) is 22.1 Å². The van der Waals surface area contributed by atoms with Crippen LogP contribution in [0.1, 0.15) is 25.0 Å². The van der Waals surface area contributed by atoms with Crippen molar-refractivity contribution in [2.75, 3.05) is 0 Å². The first-order valence-electron chi connectivity index (χ1n) is 16.4. The van der Waals surface area contributed by atoms with Crippen LogP contribution in [0.25, 0.3) is 77.2 Å². The van der Waals surface area contributed by atoms with Crippen LogP contribution in [0, 0.1) is 0 Å². The van der Waals surface area contributed by atoms with E-state index in [1.807, 2.05) is 0 Å². The Morgan fingerprint density at radius 3 is 1.66 bits per heavy atom. The van der Waals surface area contributed by atoms with Gasteiger partial charge in [-0.2, -0.15) is 0 Å². The van der Waals surface area contributed by atoms with Gasteiger partial charge in [-0.3, -0.25) is 0 Å². The monoisotopic (exact) mass is 600 g/mol. The predicted molar refractivity (Wildman–Crippen MR) is 198 cm³/mol. The van der Waals surface area contributed by atoms with Gasteiger partial charge in [0.1, 0.15) is 0 Å². The fourth-order valence-corrected chi connectivity index (χ4v) is 8.24. The van der Waals surface area contributed by atoms with Crippen LogP contribution < -0.4 is 0 Å². The maximum atomic E-state index is 2.48. The minimum absolute atomic E-state index is 0.154. The quantitative estimate of drug-likeness (QED) is 0.191. The first-order chi connectivity index (χ1) is 23.1. The van der Waals surface area contributed by atoms with Gasteiger partial charge in [-0.05, 0) is 88.0 Å². The van der Waals surface area contributed by atoms with Gasteiger partial charge >= 0.3 is 0 Å². The van der Waals surface area contributed by atoms with E-state index in [0.29, 0.717) is 0 Å². The molecule has 0 saturated heterocycles. The Labute approximate surface area is 273 Å². The maximum Gasteiger partial charge on any atom is 0.0547 e. The highest BCUT2D eigenvalue weighted by molar-refractivity contribution is 6.13. The van der Waals surface area contributed by atoms with Crippen molar-refractivity contribution in [2.24, 2.45) is 0 Å². The second-order valence-corrected chi connectivity index (χ2v) is 13.4. The van der Waals surface area contributed by atoms with Gasteiger partial charge in [0, 0.05) is 38.3 Å². The van der Waals surface area contributed by atoms with Crippen molar-refractivity contribution in [3.05, 3.63) is 169 Å². The lowest BCUT2D eigenvalue weighted by Gasteiger charge is -2.22. The van der Waals surface area contributed by atoms with Crippen LogP contribution in [0.5, 0.6) is 0 Å². The molecule has 47 heavy (non-hydrogen) atoms. The van der Waals surface area contributed by atoms with Crippen molar-refractivity contribution in [3.63, 3.8) is 0 Å². The first kappa shape index (κ1) is 26.4. The zero-order chi connectivity index (χ0) is 31.3. The zero-order valence-electron chi connectivity index (χ0n) is 26.4. The van der Waals surface area contributed by atoms with E-state index >= 15 is 0 Å². The SMILES string of the molecule is CC1(C)c2cc(-n3c4ccccc4c4ccccc43)ccc2-c2cc3c(cc21)c1ccc(-c2ccccc2)cc1n3-c1ccccc1. The van der Waals surface area contributed by atoms with Crippen molar-refractivity contribution < 1.29 is 0 Å². The molecular formula is C45H32N2. The average Bonchev–Trinajstić information content (AvgIpc) is 3.71. The standard InChI is InChI=1S/C45H32N2/c1-45(2)39-26-32(47-41-19-11-9-17-34(41)35-18-10-12-20-42(35)47)22-24-33(39)37-28-44-38(27-40(37)45)36-23-21-30(29-13-5-3-6-14-29)25-43(36)46(44)31-15-7-4-8-16-31/h3-28H,1-2H3. The summed E-state index contributed by atoms with van der Waals surface area (Å²) in [6.07, 6.45) is 0. The highest BCUT2D eigenvalue weighted by Gasteiger charge is 2.37. The smallest absolute Gasteiger partial charge is 0.0547 e. The minimum atomic E-state index is -0.154. The summed E-state index contributed by atoms with van der Waals surface area (Å²) in [4.78, 5) is 0. The lowest BCUT2D eigenvalue weighted by atomic mass is 9.82.